The van der Waals surface area contributed by atoms with E-state index in [1.165, 1.54) is 12.1 Å². The van der Waals surface area contributed by atoms with Gasteiger partial charge in [-0.2, -0.15) is 0 Å². The van der Waals surface area contributed by atoms with E-state index in [-0.39, 0.29) is 24.6 Å². The average Bonchev–Trinajstić information content (AvgIpc) is 2.68. The molecule has 0 aromatic heterocycles. The zero-order chi connectivity index (χ0) is 14.9. The lowest BCUT2D eigenvalue weighted by atomic mass is 9.85. The zero-order valence-corrected chi connectivity index (χ0v) is 11.6. The molecule has 0 unspecified atom stereocenters. The van der Waals surface area contributed by atoms with Crippen molar-refractivity contribution in [3.05, 3.63) is 29.6 Å². The number of carboxylic acids is 1. The maximum Gasteiger partial charge on any atom is 0.303 e. The number of carbonyl (C=O) groups excluding carboxylic acids is 1. The molecule has 0 saturated heterocycles. The van der Waals surface area contributed by atoms with E-state index in [9.17, 15) is 14.0 Å². The van der Waals surface area contributed by atoms with Gasteiger partial charge in [-0.25, -0.2) is 4.39 Å². The topological polar surface area (TPSA) is 57.6 Å². The highest BCUT2D eigenvalue weighted by atomic mass is 19.1. The van der Waals surface area contributed by atoms with E-state index >= 15 is 0 Å². The van der Waals surface area contributed by atoms with Gasteiger partial charge in [0, 0.05) is 18.7 Å². The molecule has 108 valence electrons. The predicted octanol–water partition coefficient (Wildman–Crippen LogP) is 2.61. The van der Waals surface area contributed by atoms with E-state index in [4.69, 9.17) is 5.11 Å². The van der Waals surface area contributed by atoms with Crippen molar-refractivity contribution in [2.75, 3.05) is 11.4 Å². The van der Waals surface area contributed by atoms with Crippen LogP contribution in [0.4, 0.5) is 10.1 Å². The van der Waals surface area contributed by atoms with Crippen LogP contribution in [0, 0.1) is 11.2 Å². The lowest BCUT2D eigenvalue weighted by molar-refractivity contribution is -0.139. The number of fused-ring (bicyclic) bond motifs is 1. The summed E-state index contributed by atoms with van der Waals surface area (Å²) in [5, 5.41) is 8.85. The Kier molecular flexibility index (Phi) is 3.79. The van der Waals surface area contributed by atoms with Crippen molar-refractivity contribution in [2.45, 2.75) is 33.1 Å². The average molecular weight is 279 g/mol. The third-order valence-electron chi connectivity index (χ3n) is 3.50. The second-order valence-corrected chi connectivity index (χ2v) is 5.98. The molecule has 2 rings (SSSR count). The molecular formula is C15H18FNO3. The smallest absolute Gasteiger partial charge is 0.303 e. The summed E-state index contributed by atoms with van der Waals surface area (Å²) in [6.07, 6.45) is 0.776. The van der Waals surface area contributed by atoms with Gasteiger partial charge in [0.05, 0.1) is 6.42 Å². The number of nitrogens with zero attached hydrogens (tertiary/aromatic N) is 1. The first-order chi connectivity index (χ1) is 9.28. The SMILES string of the molecule is CC(C)(CC(=O)O)CC(=O)N1CCc2ccc(F)cc21. The molecule has 1 aliphatic heterocycles. The number of rotatable bonds is 4. The molecule has 0 aliphatic carbocycles. The Labute approximate surface area is 117 Å². The summed E-state index contributed by atoms with van der Waals surface area (Å²) >= 11 is 0. The van der Waals surface area contributed by atoms with Crippen LogP contribution in [0.5, 0.6) is 0 Å². The third-order valence-corrected chi connectivity index (χ3v) is 3.50. The van der Waals surface area contributed by atoms with Crippen LogP contribution in [0.1, 0.15) is 32.3 Å². The molecular weight excluding hydrogens is 261 g/mol. The van der Waals surface area contributed by atoms with Crippen LogP contribution in [-0.2, 0) is 16.0 Å². The predicted molar refractivity (Wildman–Crippen MR) is 73.1 cm³/mol. The number of halogens is 1. The van der Waals surface area contributed by atoms with Gasteiger partial charge in [0.15, 0.2) is 0 Å². The van der Waals surface area contributed by atoms with Gasteiger partial charge in [-0.15, -0.1) is 0 Å². The van der Waals surface area contributed by atoms with Crippen LogP contribution in [0.2, 0.25) is 0 Å². The third kappa shape index (κ3) is 3.15. The Balaban J connectivity index is 2.13. The standard InChI is InChI=1S/C15H18FNO3/c1-15(2,9-14(19)20)8-13(18)17-6-5-10-3-4-11(16)7-12(10)17/h3-4,7H,5-6,8-9H2,1-2H3,(H,19,20). The van der Waals surface area contributed by atoms with Gasteiger partial charge in [-0.05, 0) is 29.5 Å². The van der Waals surface area contributed by atoms with E-state index < -0.39 is 11.4 Å². The van der Waals surface area contributed by atoms with E-state index in [2.05, 4.69) is 0 Å². The molecule has 1 amide bonds. The molecule has 4 nitrogen and oxygen atoms in total. The van der Waals surface area contributed by atoms with Crippen LogP contribution < -0.4 is 4.90 Å². The van der Waals surface area contributed by atoms with Crippen molar-refractivity contribution >= 4 is 17.6 Å². The van der Waals surface area contributed by atoms with Gasteiger partial charge in [0.2, 0.25) is 5.91 Å². The van der Waals surface area contributed by atoms with Crippen LogP contribution in [-0.4, -0.2) is 23.5 Å². The second-order valence-electron chi connectivity index (χ2n) is 5.98. The molecule has 1 aromatic rings. The van der Waals surface area contributed by atoms with E-state index in [0.29, 0.717) is 18.7 Å². The largest absolute Gasteiger partial charge is 0.481 e. The van der Waals surface area contributed by atoms with Gasteiger partial charge in [0.1, 0.15) is 5.82 Å². The fourth-order valence-corrected chi connectivity index (χ4v) is 2.59. The number of aliphatic carboxylic acids is 1. The first-order valence-electron chi connectivity index (χ1n) is 6.59. The summed E-state index contributed by atoms with van der Waals surface area (Å²) in [5.41, 5.74) is 0.954. The molecule has 0 saturated carbocycles. The summed E-state index contributed by atoms with van der Waals surface area (Å²) in [7, 11) is 0. The van der Waals surface area contributed by atoms with Crippen molar-refractivity contribution in [1.29, 1.82) is 0 Å². The molecule has 5 heteroatoms. The number of benzene rings is 1. The highest BCUT2D eigenvalue weighted by molar-refractivity contribution is 5.96. The fraction of sp³-hybridized carbons (Fsp3) is 0.467. The Morgan fingerprint density at radius 2 is 2.05 bits per heavy atom. The van der Waals surface area contributed by atoms with E-state index in [1.54, 1.807) is 24.8 Å². The minimum atomic E-state index is -0.921. The Bertz CT molecular complexity index is 554. The number of amides is 1. The number of hydrogen-bond donors (Lipinski definition) is 1. The summed E-state index contributed by atoms with van der Waals surface area (Å²) in [5.74, 6) is -1.44. The number of carbonyl (C=O) groups is 2. The summed E-state index contributed by atoms with van der Waals surface area (Å²) in [4.78, 5) is 24.7. The van der Waals surface area contributed by atoms with Crippen LogP contribution in [0.25, 0.3) is 0 Å². The van der Waals surface area contributed by atoms with Crippen molar-refractivity contribution in [3.8, 4) is 0 Å². The summed E-state index contributed by atoms with van der Waals surface area (Å²) in [6.45, 7) is 4.03. The lowest BCUT2D eigenvalue weighted by Crippen LogP contribution is -2.33. The molecule has 1 heterocycles. The van der Waals surface area contributed by atoms with Crippen LogP contribution >= 0.6 is 0 Å². The molecule has 0 fully saturated rings. The quantitative estimate of drug-likeness (QED) is 0.921. The van der Waals surface area contributed by atoms with Crippen LogP contribution in [0.3, 0.4) is 0 Å². The van der Waals surface area contributed by atoms with Gasteiger partial charge in [-0.3, -0.25) is 9.59 Å². The van der Waals surface area contributed by atoms with Gasteiger partial charge >= 0.3 is 5.97 Å². The maximum absolute atomic E-state index is 13.3. The number of anilines is 1. The first-order valence-corrected chi connectivity index (χ1v) is 6.59. The molecule has 1 aliphatic rings. The minimum Gasteiger partial charge on any atom is -0.481 e. The molecule has 1 N–H and O–H groups in total. The second kappa shape index (κ2) is 5.23. The Morgan fingerprint density at radius 1 is 1.35 bits per heavy atom. The van der Waals surface area contributed by atoms with Crippen molar-refractivity contribution in [3.63, 3.8) is 0 Å². The van der Waals surface area contributed by atoms with Crippen molar-refractivity contribution < 1.29 is 19.1 Å². The van der Waals surface area contributed by atoms with Crippen molar-refractivity contribution in [1.82, 2.24) is 0 Å². The fourth-order valence-electron chi connectivity index (χ4n) is 2.59. The normalized spacial score (nSPS) is 14.2. The van der Waals surface area contributed by atoms with Crippen molar-refractivity contribution in [2.24, 2.45) is 5.41 Å². The number of carboxylic acid groups (broad SMARTS) is 1. The first kappa shape index (κ1) is 14.5. The minimum absolute atomic E-state index is 0.0669. The number of hydrogen-bond acceptors (Lipinski definition) is 2. The summed E-state index contributed by atoms with van der Waals surface area (Å²) < 4.78 is 13.3. The Hall–Kier alpha value is -1.91. The molecule has 0 atom stereocenters. The van der Waals surface area contributed by atoms with Crippen LogP contribution in [0.15, 0.2) is 18.2 Å². The summed E-state index contributed by atoms with van der Waals surface area (Å²) in [6, 6.07) is 4.45. The zero-order valence-electron chi connectivity index (χ0n) is 11.6. The molecule has 1 aromatic carbocycles. The molecule has 0 spiro atoms. The maximum atomic E-state index is 13.3. The Morgan fingerprint density at radius 3 is 2.70 bits per heavy atom. The molecule has 0 bridgehead atoms. The van der Waals surface area contributed by atoms with E-state index in [1.807, 2.05) is 0 Å². The van der Waals surface area contributed by atoms with E-state index in [0.717, 1.165) is 5.56 Å². The van der Waals surface area contributed by atoms with Gasteiger partial charge < -0.3 is 10.0 Å². The van der Waals surface area contributed by atoms with Gasteiger partial charge in [0.25, 0.3) is 0 Å². The monoisotopic (exact) mass is 279 g/mol. The molecule has 20 heavy (non-hydrogen) atoms. The molecule has 0 radical (unpaired) electrons. The van der Waals surface area contributed by atoms with Gasteiger partial charge in [-0.1, -0.05) is 19.9 Å². The highest BCUT2D eigenvalue weighted by Crippen LogP contribution is 2.32. The lowest BCUT2D eigenvalue weighted by Gasteiger charge is -2.25. The highest BCUT2D eigenvalue weighted by Gasteiger charge is 2.31.